The summed E-state index contributed by atoms with van der Waals surface area (Å²) in [4.78, 5) is 25.6. The lowest BCUT2D eigenvalue weighted by Gasteiger charge is -2.31. The molecule has 1 unspecified atom stereocenters. The van der Waals surface area contributed by atoms with Crippen LogP contribution < -0.4 is 9.47 Å². The third-order valence-electron chi connectivity index (χ3n) is 4.79. The average Bonchev–Trinajstić information content (AvgIpc) is 2.66. The normalized spacial score (nSPS) is 16.0. The van der Waals surface area contributed by atoms with Crippen LogP contribution in [0.25, 0.3) is 0 Å². The molecule has 1 fully saturated rings. The van der Waals surface area contributed by atoms with Crippen LogP contribution in [0.3, 0.4) is 0 Å². The minimum absolute atomic E-state index is 0.152. The molecule has 2 rings (SSSR count). The molecule has 0 aromatic heterocycles. The largest absolute Gasteiger partial charge is 0.497 e. The quantitative estimate of drug-likeness (QED) is 0.760. The molecule has 1 N–H and O–H groups in total. The van der Waals surface area contributed by atoms with E-state index in [4.69, 9.17) is 14.2 Å². The van der Waals surface area contributed by atoms with Crippen LogP contribution >= 0.6 is 0 Å². The molecule has 0 saturated carbocycles. The average molecular weight is 365 g/mol. The van der Waals surface area contributed by atoms with Gasteiger partial charge in [-0.2, -0.15) is 0 Å². The highest BCUT2D eigenvalue weighted by Crippen LogP contribution is 2.27. The van der Waals surface area contributed by atoms with E-state index in [1.165, 1.54) is 4.90 Å². The second kappa shape index (κ2) is 9.43. The molecular weight excluding hydrogens is 338 g/mol. The van der Waals surface area contributed by atoms with Crippen LogP contribution in [0, 0.1) is 11.8 Å². The van der Waals surface area contributed by atoms with Crippen LogP contribution in [-0.2, 0) is 20.9 Å². The number of benzene rings is 1. The minimum Gasteiger partial charge on any atom is -0.497 e. The van der Waals surface area contributed by atoms with Gasteiger partial charge in [-0.15, -0.1) is 0 Å². The standard InChI is InChI=1S/C19H27NO6/c1-13(15-4-6-26-7-5-15)19(23)20(12-18(21)22)11-14-8-16(24-2)10-17(9-14)25-3/h8-10,13,15H,4-7,11-12H2,1-3H3,(H,21,22). The molecule has 1 atom stereocenters. The van der Waals surface area contributed by atoms with Gasteiger partial charge in [0.2, 0.25) is 5.91 Å². The number of nitrogens with zero attached hydrogens (tertiary/aromatic N) is 1. The van der Waals surface area contributed by atoms with E-state index in [0.29, 0.717) is 24.7 Å². The molecule has 1 heterocycles. The summed E-state index contributed by atoms with van der Waals surface area (Å²) >= 11 is 0. The first kappa shape index (κ1) is 20.0. The lowest BCUT2D eigenvalue weighted by molar-refractivity contribution is -0.148. The summed E-state index contributed by atoms with van der Waals surface area (Å²) in [6.45, 7) is 3.01. The Morgan fingerprint density at radius 3 is 2.27 bits per heavy atom. The molecule has 1 aromatic rings. The highest BCUT2D eigenvalue weighted by molar-refractivity contribution is 5.83. The van der Waals surface area contributed by atoms with Gasteiger partial charge in [0.05, 0.1) is 14.2 Å². The van der Waals surface area contributed by atoms with Crippen LogP contribution in [0.2, 0.25) is 0 Å². The molecule has 1 aliphatic rings. The number of hydrogen-bond acceptors (Lipinski definition) is 5. The van der Waals surface area contributed by atoms with Gasteiger partial charge in [0.15, 0.2) is 0 Å². The van der Waals surface area contributed by atoms with E-state index in [0.717, 1.165) is 18.4 Å². The molecule has 7 nitrogen and oxygen atoms in total. The zero-order chi connectivity index (χ0) is 19.1. The summed E-state index contributed by atoms with van der Waals surface area (Å²) in [5, 5.41) is 9.24. The number of carboxylic acid groups (broad SMARTS) is 1. The van der Waals surface area contributed by atoms with Crippen molar-refractivity contribution >= 4 is 11.9 Å². The summed E-state index contributed by atoms with van der Waals surface area (Å²) in [5.41, 5.74) is 0.759. The fourth-order valence-corrected chi connectivity index (χ4v) is 3.26. The van der Waals surface area contributed by atoms with E-state index in [-0.39, 0.29) is 30.8 Å². The van der Waals surface area contributed by atoms with Crippen LogP contribution in [0.1, 0.15) is 25.3 Å². The van der Waals surface area contributed by atoms with Crippen LogP contribution in [0.4, 0.5) is 0 Å². The van der Waals surface area contributed by atoms with E-state index in [9.17, 15) is 14.7 Å². The van der Waals surface area contributed by atoms with Gasteiger partial charge in [0.1, 0.15) is 18.0 Å². The number of methoxy groups -OCH3 is 2. The molecule has 7 heteroatoms. The number of amides is 1. The Kier molecular flexibility index (Phi) is 7.26. The van der Waals surface area contributed by atoms with Gasteiger partial charge in [0.25, 0.3) is 0 Å². The van der Waals surface area contributed by atoms with Crippen molar-refractivity contribution in [2.75, 3.05) is 34.0 Å². The predicted octanol–water partition coefficient (Wildman–Crippen LogP) is 2.18. The van der Waals surface area contributed by atoms with Crippen LogP contribution in [0.5, 0.6) is 11.5 Å². The Bertz CT molecular complexity index is 604. The van der Waals surface area contributed by atoms with Gasteiger partial charge in [-0.1, -0.05) is 6.92 Å². The lowest BCUT2D eigenvalue weighted by Crippen LogP contribution is -2.41. The first-order valence-corrected chi connectivity index (χ1v) is 8.75. The van der Waals surface area contributed by atoms with Crippen LogP contribution in [0.15, 0.2) is 18.2 Å². The van der Waals surface area contributed by atoms with Gasteiger partial charge in [0, 0.05) is 31.7 Å². The first-order valence-electron chi connectivity index (χ1n) is 8.75. The van der Waals surface area contributed by atoms with Crippen molar-refractivity contribution in [1.29, 1.82) is 0 Å². The lowest BCUT2D eigenvalue weighted by atomic mass is 9.86. The fourth-order valence-electron chi connectivity index (χ4n) is 3.26. The molecule has 1 saturated heterocycles. The van der Waals surface area contributed by atoms with Gasteiger partial charge in [-0.05, 0) is 36.5 Å². The van der Waals surface area contributed by atoms with Crippen molar-refractivity contribution in [2.24, 2.45) is 11.8 Å². The zero-order valence-electron chi connectivity index (χ0n) is 15.6. The van der Waals surface area contributed by atoms with Gasteiger partial charge in [-0.3, -0.25) is 9.59 Å². The summed E-state index contributed by atoms with van der Waals surface area (Å²) in [7, 11) is 3.10. The van der Waals surface area contributed by atoms with Crippen molar-refractivity contribution in [3.8, 4) is 11.5 Å². The van der Waals surface area contributed by atoms with Crippen LogP contribution in [-0.4, -0.2) is 55.9 Å². The maximum absolute atomic E-state index is 13.0. The summed E-state index contributed by atoms with van der Waals surface area (Å²) in [6, 6.07) is 5.30. The number of carbonyl (C=O) groups is 2. The number of aliphatic carboxylic acids is 1. The molecule has 0 radical (unpaired) electrons. The smallest absolute Gasteiger partial charge is 0.323 e. The molecule has 1 aliphatic heterocycles. The van der Waals surface area contributed by atoms with Gasteiger partial charge >= 0.3 is 5.97 Å². The fraction of sp³-hybridized carbons (Fsp3) is 0.579. The Hall–Kier alpha value is -2.28. The summed E-state index contributed by atoms with van der Waals surface area (Å²) < 4.78 is 15.9. The second-order valence-corrected chi connectivity index (χ2v) is 6.55. The Balaban J connectivity index is 2.18. The predicted molar refractivity (Wildman–Crippen MR) is 95.3 cm³/mol. The Morgan fingerprint density at radius 1 is 1.19 bits per heavy atom. The second-order valence-electron chi connectivity index (χ2n) is 6.55. The highest BCUT2D eigenvalue weighted by atomic mass is 16.5. The Morgan fingerprint density at radius 2 is 1.77 bits per heavy atom. The topological polar surface area (TPSA) is 85.3 Å². The van der Waals surface area contributed by atoms with Crippen molar-refractivity contribution in [3.05, 3.63) is 23.8 Å². The zero-order valence-corrected chi connectivity index (χ0v) is 15.6. The third-order valence-corrected chi connectivity index (χ3v) is 4.79. The molecule has 0 aliphatic carbocycles. The van der Waals surface area contributed by atoms with E-state index in [1.54, 1.807) is 32.4 Å². The number of ether oxygens (including phenoxy) is 3. The maximum atomic E-state index is 13.0. The van der Waals surface area contributed by atoms with E-state index in [1.807, 2.05) is 6.92 Å². The van der Waals surface area contributed by atoms with E-state index < -0.39 is 5.97 Å². The minimum atomic E-state index is -1.03. The molecule has 144 valence electrons. The molecule has 1 aromatic carbocycles. The van der Waals surface area contributed by atoms with Gasteiger partial charge < -0.3 is 24.2 Å². The molecule has 1 amide bonds. The number of carbonyl (C=O) groups excluding carboxylic acids is 1. The molecule has 0 spiro atoms. The third kappa shape index (κ3) is 5.36. The van der Waals surface area contributed by atoms with E-state index >= 15 is 0 Å². The maximum Gasteiger partial charge on any atom is 0.323 e. The molecule has 26 heavy (non-hydrogen) atoms. The van der Waals surface area contributed by atoms with Crippen molar-refractivity contribution < 1.29 is 28.9 Å². The highest BCUT2D eigenvalue weighted by Gasteiger charge is 2.30. The van der Waals surface area contributed by atoms with Gasteiger partial charge in [-0.25, -0.2) is 0 Å². The monoisotopic (exact) mass is 365 g/mol. The number of rotatable bonds is 8. The van der Waals surface area contributed by atoms with Crippen molar-refractivity contribution in [3.63, 3.8) is 0 Å². The number of hydrogen-bond donors (Lipinski definition) is 1. The van der Waals surface area contributed by atoms with Crippen molar-refractivity contribution in [1.82, 2.24) is 4.90 Å². The number of carboxylic acids is 1. The summed E-state index contributed by atoms with van der Waals surface area (Å²) in [6.07, 6.45) is 1.64. The molecular formula is C19H27NO6. The van der Waals surface area contributed by atoms with E-state index in [2.05, 4.69) is 0 Å². The van der Waals surface area contributed by atoms with Crippen molar-refractivity contribution in [2.45, 2.75) is 26.3 Å². The SMILES string of the molecule is COc1cc(CN(CC(=O)O)C(=O)C(C)C2CCOCC2)cc(OC)c1. The first-order chi connectivity index (χ1) is 12.4. The molecule has 0 bridgehead atoms. The Labute approximate surface area is 153 Å². The summed E-state index contributed by atoms with van der Waals surface area (Å²) in [5.74, 6) is -0.0225.